The molecular formula is C12H17N3O5S. The van der Waals surface area contributed by atoms with Crippen molar-refractivity contribution in [2.45, 2.75) is 17.7 Å². The number of amides is 1. The minimum atomic E-state index is -3.82. The van der Waals surface area contributed by atoms with Crippen molar-refractivity contribution < 1.29 is 22.7 Å². The molecule has 1 amide bonds. The van der Waals surface area contributed by atoms with Gasteiger partial charge in [-0.3, -0.25) is 4.79 Å². The van der Waals surface area contributed by atoms with Gasteiger partial charge in [0.25, 0.3) is 0 Å². The topological polar surface area (TPSA) is 142 Å². The SMILES string of the molecule is COC(=O)c1ccc(S(=O)(=O)NCCCC(N)=O)c(N)c1. The summed E-state index contributed by atoms with van der Waals surface area (Å²) in [5, 5.41) is 0. The van der Waals surface area contributed by atoms with Crippen LogP contribution >= 0.6 is 0 Å². The molecule has 0 saturated heterocycles. The van der Waals surface area contributed by atoms with Crippen LogP contribution in [-0.4, -0.2) is 33.9 Å². The van der Waals surface area contributed by atoms with Gasteiger partial charge < -0.3 is 16.2 Å². The van der Waals surface area contributed by atoms with Crippen LogP contribution in [0.25, 0.3) is 0 Å². The number of esters is 1. The van der Waals surface area contributed by atoms with Crippen molar-refractivity contribution in [3.8, 4) is 0 Å². The molecule has 8 nitrogen and oxygen atoms in total. The van der Waals surface area contributed by atoms with Crippen LogP contribution in [0, 0.1) is 0 Å². The average molecular weight is 315 g/mol. The first kappa shape index (κ1) is 16.9. The summed E-state index contributed by atoms with van der Waals surface area (Å²) in [5.74, 6) is -1.11. The van der Waals surface area contributed by atoms with Gasteiger partial charge in [0.1, 0.15) is 4.90 Å². The minimum absolute atomic E-state index is 0.0590. The molecule has 5 N–H and O–H groups in total. The van der Waals surface area contributed by atoms with E-state index in [1.165, 1.54) is 25.3 Å². The molecular weight excluding hydrogens is 298 g/mol. The third-order valence-electron chi connectivity index (χ3n) is 2.61. The van der Waals surface area contributed by atoms with Gasteiger partial charge in [-0.25, -0.2) is 17.9 Å². The molecule has 116 valence electrons. The Bertz CT molecular complexity index is 642. The fourth-order valence-corrected chi connectivity index (χ4v) is 2.77. The molecule has 0 unspecified atom stereocenters. The number of carbonyl (C=O) groups is 2. The van der Waals surface area contributed by atoms with Gasteiger partial charge in [0.05, 0.1) is 18.4 Å². The van der Waals surface area contributed by atoms with Gasteiger partial charge in [0.15, 0.2) is 0 Å². The van der Waals surface area contributed by atoms with Crippen molar-refractivity contribution in [2.24, 2.45) is 5.73 Å². The zero-order valence-electron chi connectivity index (χ0n) is 11.5. The lowest BCUT2D eigenvalue weighted by Crippen LogP contribution is -2.26. The summed E-state index contributed by atoms with van der Waals surface area (Å²) in [5.41, 5.74) is 10.7. The number of rotatable bonds is 7. The Morgan fingerprint density at radius 3 is 2.52 bits per heavy atom. The van der Waals surface area contributed by atoms with Crippen molar-refractivity contribution in [1.82, 2.24) is 4.72 Å². The van der Waals surface area contributed by atoms with Crippen LogP contribution in [0.5, 0.6) is 0 Å². The van der Waals surface area contributed by atoms with Crippen molar-refractivity contribution in [3.05, 3.63) is 23.8 Å². The van der Waals surface area contributed by atoms with Gasteiger partial charge in [-0.2, -0.15) is 0 Å². The molecule has 0 aliphatic rings. The fraction of sp³-hybridized carbons (Fsp3) is 0.333. The number of hydrogen-bond donors (Lipinski definition) is 3. The summed E-state index contributed by atoms with van der Waals surface area (Å²) in [4.78, 5) is 21.7. The van der Waals surface area contributed by atoms with Gasteiger partial charge in [0, 0.05) is 13.0 Å². The van der Waals surface area contributed by atoms with E-state index in [0.717, 1.165) is 0 Å². The molecule has 0 heterocycles. The van der Waals surface area contributed by atoms with E-state index < -0.39 is 21.9 Å². The molecule has 0 radical (unpaired) electrons. The van der Waals surface area contributed by atoms with Crippen LogP contribution < -0.4 is 16.2 Å². The summed E-state index contributed by atoms with van der Waals surface area (Å²) >= 11 is 0. The molecule has 1 rings (SSSR count). The number of benzene rings is 1. The molecule has 0 aromatic heterocycles. The summed E-state index contributed by atoms with van der Waals surface area (Å²) < 4.78 is 30.9. The number of carbonyl (C=O) groups excluding carboxylic acids is 2. The Morgan fingerprint density at radius 1 is 1.33 bits per heavy atom. The molecule has 0 saturated carbocycles. The first-order valence-corrected chi connectivity index (χ1v) is 7.52. The Labute approximate surface area is 122 Å². The number of hydrogen-bond acceptors (Lipinski definition) is 6. The monoisotopic (exact) mass is 315 g/mol. The molecule has 9 heteroatoms. The van der Waals surface area contributed by atoms with Crippen LogP contribution in [0.1, 0.15) is 23.2 Å². The summed E-state index contributed by atoms with van der Waals surface area (Å²) in [6.07, 6.45) is 0.369. The van der Waals surface area contributed by atoms with Crippen molar-refractivity contribution in [3.63, 3.8) is 0 Å². The zero-order valence-corrected chi connectivity index (χ0v) is 12.3. The van der Waals surface area contributed by atoms with E-state index in [1.54, 1.807) is 0 Å². The molecule has 21 heavy (non-hydrogen) atoms. The quantitative estimate of drug-likeness (QED) is 0.355. The third-order valence-corrected chi connectivity index (χ3v) is 4.15. The van der Waals surface area contributed by atoms with Crippen molar-refractivity contribution >= 4 is 27.6 Å². The maximum atomic E-state index is 12.0. The molecule has 0 bridgehead atoms. The predicted octanol–water partition coefficient (Wildman–Crippen LogP) is -0.401. The largest absolute Gasteiger partial charge is 0.465 e. The number of sulfonamides is 1. The number of anilines is 1. The molecule has 0 aliphatic heterocycles. The maximum absolute atomic E-state index is 12.0. The second kappa shape index (κ2) is 7.04. The van der Waals surface area contributed by atoms with E-state index in [0.29, 0.717) is 0 Å². The minimum Gasteiger partial charge on any atom is -0.465 e. The van der Waals surface area contributed by atoms with Gasteiger partial charge in [-0.15, -0.1) is 0 Å². The summed E-state index contributed by atoms with van der Waals surface area (Å²) in [6.45, 7) is 0.0590. The lowest BCUT2D eigenvalue weighted by molar-refractivity contribution is -0.118. The van der Waals surface area contributed by atoms with E-state index >= 15 is 0 Å². The van der Waals surface area contributed by atoms with Crippen LogP contribution in [0.4, 0.5) is 5.69 Å². The van der Waals surface area contributed by atoms with E-state index in [4.69, 9.17) is 11.5 Å². The lowest BCUT2D eigenvalue weighted by Gasteiger charge is -2.09. The van der Waals surface area contributed by atoms with E-state index in [9.17, 15) is 18.0 Å². The Balaban J connectivity index is 2.84. The first-order chi connectivity index (χ1) is 9.77. The van der Waals surface area contributed by atoms with Gasteiger partial charge in [-0.1, -0.05) is 0 Å². The number of nitrogens with two attached hydrogens (primary N) is 2. The van der Waals surface area contributed by atoms with Crippen LogP contribution in [0.15, 0.2) is 23.1 Å². The molecule has 0 aliphatic carbocycles. The molecule has 0 spiro atoms. The number of primary amides is 1. The highest BCUT2D eigenvalue weighted by Crippen LogP contribution is 2.20. The number of nitrogens with one attached hydrogen (secondary N) is 1. The molecule has 1 aromatic rings. The second-order valence-corrected chi connectivity index (χ2v) is 5.95. The van der Waals surface area contributed by atoms with Crippen LogP contribution in [0.3, 0.4) is 0 Å². The highest BCUT2D eigenvalue weighted by molar-refractivity contribution is 7.89. The summed E-state index contributed by atoms with van der Waals surface area (Å²) in [7, 11) is -2.61. The Hall–Kier alpha value is -2.13. The normalized spacial score (nSPS) is 11.1. The zero-order chi connectivity index (χ0) is 16.0. The van der Waals surface area contributed by atoms with E-state index in [1.807, 2.05) is 0 Å². The van der Waals surface area contributed by atoms with Crippen molar-refractivity contribution in [1.29, 1.82) is 0 Å². The standard InChI is InChI=1S/C12H17N3O5S/c1-20-12(17)8-4-5-10(9(13)7-8)21(18,19)15-6-2-3-11(14)16/h4-5,7,15H,2-3,6,13H2,1H3,(H2,14,16). The average Bonchev–Trinajstić information content (AvgIpc) is 2.42. The Morgan fingerprint density at radius 2 is 2.00 bits per heavy atom. The number of nitrogen functional groups attached to an aromatic ring is 1. The molecule has 1 aromatic carbocycles. The van der Waals surface area contributed by atoms with Crippen LogP contribution in [0.2, 0.25) is 0 Å². The fourth-order valence-electron chi connectivity index (χ4n) is 1.58. The smallest absolute Gasteiger partial charge is 0.337 e. The predicted molar refractivity (Wildman–Crippen MR) is 75.8 cm³/mol. The highest BCUT2D eigenvalue weighted by Gasteiger charge is 2.18. The van der Waals surface area contributed by atoms with E-state index in [2.05, 4.69) is 9.46 Å². The molecule has 0 atom stereocenters. The number of ether oxygens (including phenoxy) is 1. The summed E-state index contributed by atoms with van der Waals surface area (Å²) in [6, 6.07) is 3.75. The van der Waals surface area contributed by atoms with Gasteiger partial charge in [0.2, 0.25) is 15.9 Å². The second-order valence-electron chi connectivity index (χ2n) is 4.21. The third kappa shape index (κ3) is 4.72. The van der Waals surface area contributed by atoms with Crippen LogP contribution in [-0.2, 0) is 19.6 Å². The molecule has 0 fully saturated rings. The van der Waals surface area contributed by atoms with Gasteiger partial charge in [-0.05, 0) is 24.6 Å². The number of methoxy groups -OCH3 is 1. The first-order valence-electron chi connectivity index (χ1n) is 6.03. The lowest BCUT2D eigenvalue weighted by atomic mass is 10.2. The maximum Gasteiger partial charge on any atom is 0.337 e. The Kier molecular flexibility index (Phi) is 5.68. The van der Waals surface area contributed by atoms with Gasteiger partial charge >= 0.3 is 5.97 Å². The van der Waals surface area contributed by atoms with Crippen molar-refractivity contribution in [2.75, 3.05) is 19.4 Å². The van der Waals surface area contributed by atoms with E-state index in [-0.39, 0.29) is 35.5 Å². The highest BCUT2D eigenvalue weighted by atomic mass is 32.2.